The van der Waals surface area contributed by atoms with Gasteiger partial charge in [-0.2, -0.15) is 0 Å². The Morgan fingerprint density at radius 3 is 2.81 bits per heavy atom. The first-order chi connectivity index (χ1) is 7.60. The molecule has 0 bridgehead atoms. The zero-order chi connectivity index (χ0) is 12.1. The van der Waals surface area contributed by atoms with Gasteiger partial charge in [0, 0.05) is 5.75 Å². The Morgan fingerprint density at radius 1 is 1.56 bits per heavy atom. The van der Waals surface area contributed by atoms with Crippen molar-refractivity contribution in [2.45, 2.75) is 13.3 Å². The highest BCUT2D eigenvalue weighted by Gasteiger charge is 2.12. The molecule has 0 amide bonds. The van der Waals surface area contributed by atoms with Crippen LogP contribution in [0.2, 0.25) is 5.02 Å². The standard InChI is InChI=1S/C10H11ClFNO2S/c1-2-5-16(15)13-9-4-3-8(11)7(6-14)10(9)12/h3-4,6,13H,2,5H2,1H3. The Kier molecular flexibility index (Phi) is 4.89. The van der Waals surface area contributed by atoms with Gasteiger partial charge in [0.1, 0.15) is 11.0 Å². The highest BCUT2D eigenvalue weighted by atomic mass is 35.5. The van der Waals surface area contributed by atoms with E-state index < -0.39 is 16.8 Å². The minimum atomic E-state index is -1.35. The fourth-order valence-electron chi connectivity index (χ4n) is 1.12. The van der Waals surface area contributed by atoms with E-state index in [9.17, 15) is 13.4 Å². The van der Waals surface area contributed by atoms with E-state index in [4.69, 9.17) is 11.6 Å². The van der Waals surface area contributed by atoms with Crippen molar-refractivity contribution in [2.24, 2.45) is 0 Å². The van der Waals surface area contributed by atoms with Crippen LogP contribution in [0.25, 0.3) is 0 Å². The van der Waals surface area contributed by atoms with Gasteiger partial charge in [-0.1, -0.05) is 18.5 Å². The average molecular weight is 264 g/mol. The van der Waals surface area contributed by atoms with Crippen LogP contribution in [-0.4, -0.2) is 16.2 Å². The molecule has 1 atom stereocenters. The zero-order valence-electron chi connectivity index (χ0n) is 8.63. The predicted molar refractivity (Wildman–Crippen MR) is 63.7 cm³/mol. The van der Waals surface area contributed by atoms with E-state index in [1.807, 2.05) is 6.92 Å². The van der Waals surface area contributed by atoms with Gasteiger partial charge in [-0.05, 0) is 18.6 Å². The van der Waals surface area contributed by atoms with Crippen LogP contribution >= 0.6 is 11.6 Å². The molecule has 1 N–H and O–H groups in total. The van der Waals surface area contributed by atoms with E-state index in [2.05, 4.69) is 4.72 Å². The molecule has 16 heavy (non-hydrogen) atoms. The Labute approximate surface area is 101 Å². The summed E-state index contributed by atoms with van der Waals surface area (Å²) < 4.78 is 27.5. The number of hydrogen-bond donors (Lipinski definition) is 1. The highest BCUT2D eigenvalue weighted by molar-refractivity contribution is 7.86. The molecule has 6 heteroatoms. The summed E-state index contributed by atoms with van der Waals surface area (Å²) in [6.45, 7) is 1.87. The van der Waals surface area contributed by atoms with Crippen LogP contribution in [-0.2, 0) is 11.0 Å². The summed E-state index contributed by atoms with van der Waals surface area (Å²) in [6, 6.07) is 2.75. The zero-order valence-corrected chi connectivity index (χ0v) is 10.2. The molecule has 0 spiro atoms. The minimum Gasteiger partial charge on any atom is -0.302 e. The number of carbonyl (C=O) groups is 1. The number of benzene rings is 1. The number of carbonyl (C=O) groups excluding carboxylic acids is 1. The molecule has 0 heterocycles. The van der Waals surface area contributed by atoms with Gasteiger partial charge in [0.15, 0.2) is 12.1 Å². The molecule has 0 aromatic heterocycles. The molecular weight excluding hydrogens is 253 g/mol. The molecule has 0 aliphatic rings. The molecule has 1 aromatic carbocycles. The molecule has 0 saturated heterocycles. The van der Waals surface area contributed by atoms with E-state index in [-0.39, 0.29) is 16.3 Å². The van der Waals surface area contributed by atoms with Crippen LogP contribution in [0.5, 0.6) is 0 Å². The number of nitrogens with one attached hydrogen (secondary N) is 1. The van der Waals surface area contributed by atoms with Crippen LogP contribution in [0.15, 0.2) is 12.1 Å². The first kappa shape index (κ1) is 13.1. The number of rotatable bonds is 5. The van der Waals surface area contributed by atoms with E-state index in [1.165, 1.54) is 12.1 Å². The molecule has 88 valence electrons. The van der Waals surface area contributed by atoms with Crippen molar-refractivity contribution < 1.29 is 13.4 Å². The Hall–Kier alpha value is -0.940. The summed E-state index contributed by atoms with van der Waals surface area (Å²) in [5, 5.41) is 0.0410. The summed E-state index contributed by atoms with van der Waals surface area (Å²) in [5.41, 5.74) is -0.196. The normalized spacial score (nSPS) is 12.2. The van der Waals surface area contributed by atoms with Gasteiger partial charge in [0.25, 0.3) is 0 Å². The third-order valence-corrected chi connectivity index (χ3v) is 3.41. The molecule has 3 nitrogen and oxygen atoms in total. The summed E-state index contributed by atoms with van der Waals surface area (Å²) in [7, 11) is -1.35. The van der Waals surface area contributed by atoms with Crippen molar-refractivity contribution in [1.29, 1.82) is 0 Å². The molecular formula is C10H11ClFNO2S. The van der Waals surface area contributed by atoms with Crippen molar-refractivity contribution >= 4 is 34.6 Å². The van der Waals surface area contributed by atoms with Crippen molar-refractivity contribution in [3.05, 3.63) is 28.5 Å². The maximum absolute atomic E-state index is 13.6. The van der Waals surface area contributed by atoms with E-state index in [1.54, 1.807) is 0 Å². The third-order valence-electron chi connectivity index (χ3n) is 1.86. The van der Waals surface area contributed by atoms with Gasteiger partial charge in [-0.15, -0.1) is 0 Å². The molecule has 1 unspecified atom stereocenters. The second-order valence-electron chi connectivity index (χ2n) is 3.09. The fraction of sp³-hybridized carbons (Fsp3) is 0.300. The van der Waals surface area contributed by atoms with Gasteiger partial charge in [-0.25, -0.2) is 8.60 Å². The molecule has 0 aliphatic carbocycles. The van der Waals surface area contributed by atoms with Gasteiger partial charge in [-0.3, -0.25) is 4.79 Å². The predicted octanol–water partition coefficient (Wildman–Crippen LogP) is 2.78. The Morgan fingerprint density at radius 2 is 2.25 bits per heavy atom. The number of anilines is 1. The fourth-order valence-corrected chi connectivity index (χ4v) is 2.18. The lowest BCUT2D eigenvalue weighted by molar-refractivity contribution is 0.112. The Bertz CT molecular complexity index is 426. The third kappa shape index (κ3) is 3.02. The molecule has 0 saturated carbocycles. The molecule has 1 aromatic rings. The van der Waals surface area contributed by atoms with Crippen molar-refractivity contribution in [3.63, 3.8) is 0 Å². The monoisotopic (exact) mass is 263 g/mol. The lowest BCUT2D eigenvalue weighted by Crippen LogP contribution is -2.10. The van der Waals surface area contributed by atoms with Crippen LogP contribution < -0.4 is 4.72 Å². The van der Waals surface area contributed by atoms with E-state index in [0.29, 0.717) is 12.0 Å². The molecule has 0 fully saturated rings. The summed E-state index contributed by atoms with van der Waals surface area (Å²) >= 11 is 5.62. The van der Waals surface area contributed by atoms with Gasteiger partial charge in [0.05, 0.1) is 16.3 Å². The summed E-state index contributed by atoms with van der Waals surface area (Å²) in [5.74, 6) is -0.356. The van der Waals surface area contributed by atoms with Gasteiger partial charge < -0.3 is 4.72 Å². The van der Waals surface area contributed by atoms with E-state index in [0.717, 1.165) is 6.42 Å². The van der Waals surface area contributed by atoms with Crippen LogP contribution in [0.3, 0.4) is 0 Å². The maximum Gasteiger partial charge on any atom is 0.159 e. The van der Waals surface area contributed by atoms with Crippen molar-refractivity contribution in [3.8, 4) is 0 Å². The first-order valence-electron chi connectivity index (χ1n) is 4.68. The second kappa shape index (κ2) is 5.96. The summed E-state index contributed by atoms with van der Waals surface area (Å²) in [4.78, 5) is 10.6. The van der Waals surface area contributed by atoms with Crippen molar-refractivity contribution in [2.75, 3.05) is 10.5 Å². The molecule has 1 rings (SSSR count). The highest BCUT2D eigenvalue weighted by Crippen LogP contribution is 2.24. The van der Waals surface area contributed by atoms with Crippen LogP contribution in [0, 0.1) is 5.82 Å². The quantitative estimate of drug-likeness (QED) is 0.831. The summed E-state index contributed by atoms with van der Waals surface area (Å²) in [6.07, 6.45) is 1.06. The number of hydrogen-bond acceptors (Lipinski definition) is 2. The SMILES string of the molecule is CCCS(=O)Nc1ccc(Cl)c(C=O)c1F. The van der Waals surface area contributed by atoms with Gasteiger partial charge in [0.2, 0.25) is 0 Å². The Balaban J connectivity index is 2.98. The smallest absolute Gasteiger partial charge is 0.159 e. The number of halogens is 2. The van der Waals surface area contributed by atoms with Gasteiger partial charge >= 0.3 is 0 Å². The topological polar surface area (TPSA) is 46.2 Å². The maximum atomic E-state index is 13.6. The van der Waals surface area contributed by atoms with Crippen molar-refractivity contribution in [1.82, 2.24) is 0 Å². The number of aldehydes is 1. The first-order valence-corrected chi connectivity index (χ1v) is 6.38. The molecule has 0 aliphatic heterocycles. The van der Waals surface area contributed by atoms with Crippen LogP contribution in [0.4, 0.5) is 10.1 Å². The minimum absolute atomic E-state index is 0.0262. The van der Waals surface area contributed by atoms with E-state index >= 15 is 0 Å². The second-order valence-corrected chi connectivity index (χ2v) is 4.80. The van der Waals surface area contributed by atoms with Crippen LogP contribution in [0.1, 0.15) is 23.7 Å². The average Bonchev–Trinajstić information content (AvgIpc) is 2.23. The lowest BCUT2D eigenvalue weighted by atomic mass is 10.2. The largest absolute Gasteiger partial charge is 0.302 e. The molecule has 0 radical (unpaired) electrons. The lowest BCUT2D eigenvalue weighted by Gasteiger charge is -2.08.